The van der Waals surface area contributed by atoms with Crippen LogP contribution in [0.4, 0.5) is 0 Å². The van der Waals surface area contributed by atoms with Gasteiger partial charge in [-0.2, -0.15) is 0 Å². The SMILES string of the molecule is CCc1nc2ccccc2n1CC(=O)NCCCN1CCN(C)CC1c1ccccc1. The van der Waals surface area contributed by atoms with Crippen LogP contribution in [0.15, 0.2) is 54.6 Å². The molecule has 1 aromatic heterocycles. The van der Waals surface area contributed by atoms with Crippen LogP contribution in [0.3, 0.4) is 0 Å². The topological polar surface area (TPSA) is 53.4 Å². The molecule has 0 aliphatic carbocycles. The molecule has 2 heterocycles. The highest BCUT2D eigenvalue weighted by Crippen LogP contribution is 2.24. The average molecular weight is 420 g/mol. The maximum atomic E-state index is 12.6. The lowest BCUT2D eigenvalue weighted by atomic mass is 10.0. The molecule has 4 rings (SSSR count). The molecule has 31 heavy (non-hydrogen) atoms. The van der Waals surface area contributed by atoms with E-state index in [1.54, 1.807) is 0 Å². The summed E-state index contributed by atoms with van der Waals surface area (Å²) in [5.41, 5.74) is 3.35. The van der Waals surface area contributed by atoms with Gasteiger partial charge in [-0.3, -0.25) is 9.69 Å². The summed E-state index contributed by atoms with van der Waals surface area (Å²) in [6.45, 7) is 7.28. The van der Waals surface area contributed by atoms with Crippen molar-refractivity contribution in [1.29, 1.82) is 0 Å². The molecular weight excluding hydrogens is 386 g/mol. The molecule has 1 unspecified atom stereocenters. The van der Waals surface area contributed by atoms with Crippen molar-refractivity contribution >= 4 is 16.9 Å². The first-order valence-corrected chi connectivity index (χ1v) is 11.3. The monoisotopic (exact) mass is 419 g/mol. The molecule has 1 fully saturated rings. The predicted molar refractivity (Wildman–Crippen MR) is 125 cm³/mol. The number of imidazole rings is 1. The van der Waals surface area contributed by atoms with Gasteiger partial charge in [0, 0.05) is 45.2 Å². The quantitative estimate of drug-likeness (QED) is 0.570. The van der Waals surface area contributed by atoms with Crippen LogP contribution in [-0.4, -0.2) is 65.0 Å². The number of aromatic nitrogens is 2. The summed E-state index contributed by atoms with van der Waals surface area (Å²) in [4.78, 5) is 22.2. The molecule has 1 amide bonds. The molecule has 2 aromatic carbocycles. The van der Waals surface area contributed by atoms with Crippen molar-refractivity contribution in [1.82, 2.24) is 24.7 Å². The number of fused-ring (bicyclic) bond motifs is 1. The number of benzene rings is 2. The number of nitrogens with one attached hydrogen (secondary N) is 1. The molecule has 1 atom stereocenters. The Morgan fingerprint density at radius 2 is 1.87 bits per heavy atom. The molecule has 164 valence electrons. The Morgan fingerprint density at radius 3 is 2.68 bits per heavy atom. The van der Waals surface area contributed by atoms with Crippen LogP contribution in [0.2, 0.25) is 0 Å². The third kappa shape index (κ3) is 5.14. The van der Waals surface area contributed by atoms with Crippen molar-refractivity contribution in [2.24, 2.45) is 0 Å². The van der Waals surface area contributed by atoms with Gasteiger partial charge in [-0.05, 0) is 31.2 Å². The molecule has 0 radical (unpaired) electrons. The molecule has 1 saturated heterocycles. The van der Waals surface area contributed by atoms with Gasteiger partial charge in [0.2, 0.25) is 5.91 Å². The second-order valence-electron chi connectivity index (χ2n) is 8.38. The highest BCUT2D eigenvalue weighted by molar-refractivity contribution is 5.81. The van der Waals surface area contributed by atoms with Crippen LogP contribution < -0.4 is 5.32 Å². The average Bonchev–Trinajstić information content (AvgIpc) is 3.15. The predicted octanol–water partition coefficient (Wildman–Crippen LogP) is 3.09. The van der Waals surface area contributed by atoms with E-state index < -0.39 is 0 Å². The minimum Gasteiger partial charge on any atom is -0.355 e. The largest absolute Gasteiger partial charge is 0.355 e. The summed E-state index contributed by atoms with van der Waals surface area (Å²) >= 11 is 0. The Balaban J connectivity index is 1.30. The van der Waals surface area contributed by atoms with E-state index in [-0.39, 0.29) is 5.91 Å². The number of likely N-dealkylation sites (N-methyl/N-ethyl adjacent to an activating group) is 1. The zero-order valence-electron chi connectivity index (χ0n) is 18.6. The molecule has 0 spiro atoms. The van der Waals surface area contributed by atoms with Crippen molar-refractivity contribution in [2.45, 2.75) is 32.4 Å². The Hall–Kier alpha value is -2.70. The summed E-state index contributed by atoms with van der Waals surface area (Å²) in [5, 5.41) is 3.12. The number of carbonyl (C=O) groups is 1. The van der Waals surface area contributed by atoms with E-state index in [1.165, 1.54) is 5.56 Å². The Bertz CT molecular complexity index is 1000. The van der Waals surface area contributed by atoms with Gasteiger partial charge in [0.15, 0.2) is 0 Å². The minimum atomic E-state index is 0.0517. The van der Waals surface area contributed by atoms with Crippen LogP contribution in [-0.2, 0) is 17.8 Å². The van der Waals surface area contributed by atoms with E-state index in [4.69, 9.17) is 0 Å². The standard InChI is InChI=1S/C25H33N5O/c1-3-24-27-21-12-7-8-13-22(21)30(24)19-25(31)26-14-9-15-29-17-16-28(2)18-23(29)20-10-5-4-6-11-20/h4-8,10-13,23H,3,9,14-19H2,1-2H3,(H,26,31). The van der Waals surface area contributed by atoms with Crippen LogP contribution in [0, 0.1) is 0 Å². The van der Waals surface area contributed by atoms with Crippen LogP contribution >= 0.6 is 0 Å². The van der Waals surface area contributed by atoms with Crippen LogP contribution in [0.25, 0.3) is 11.0 Å². The van der Waals surface area contributed by atoms with E-state index in [0.29, 0.717) is 19.1 Å². The van der Waals surface area contributed by atoms with Crippen molar-refractivity contribution in [2.75, 3.05) is 39.8 Å². The highest BCUT2D eigenvalue weighted by Gasteiger charge is 2.26. The van der Waals surface area contributed by atoms with Gasteiger partial charge in [-0.25, -0.2) is 4.98 Å². The van der Waals surface area contributed by atoms with Crippen molar-refractivity contribution in [3.63, 3.8) is 0 Å². The van der Waals surface area contributed by atoms with E-state index in [2.05, 4.69) is 64.4 Å². The minimum absolute atomic E-state index is 0.0517. The first kappa shape index (κ1) is 21.5. The maximum absolute atomic E-state index is 12.6. The third-order valence-electron chi connectivity index (χ3n) is 6.17. The van der Waals surface area contributed by atoms with Crippen molar-refractivity contribution < 1.29 is 4.79 Å². The number of aryl methyl sites for hydroxylation is 1. The second kappa shape index (κ2) is 10.1. The highest BCUT2D eigenvalue weighted by atomic mass is 16.1. The molecule has 1 aliphatic heterocycles. The van der Waals surface area contributed by atoms with Crippen LogP contribution in [0.1, 0.15) is 30.8 Å². The van der Waals surface area contributed by atoms with Crippen molar-refractivity contribution in [3.8, 4) is 0 Å². The van der Waals surface area contributed by atoms with Crippen LogP contribution in [0.5, 0.6) is 0 Å². The third-order valence-corrected chi connectivity index (χ3v) is 6.17. The van der Waals surface area contributed by atoms with Gasteiger partial charge >= 0.3 is 0 Å². The molecule has 6 heteroatoms. The lowest BCUT2D eigenvalue weighted by Gasteiger charge is -2.40. The molecule has 1 N–H and O–H groups in total. The number of carbonyl (C=O) groups excluding carboxylic acids is 1. The first-order valence-electron chi connectivity index (χ1n) is 11.3. The zero-order valence-corrected chi connectivity index (χ0v) is 18.6. The molecule has 1 aliphatic rings. The second-order valence-corrected chi connectivity index (χ2v) is 8.38. The first-order chi connectivity index (χ1) is 15.2. The fraction of sp³-hybridized carbons (Fsp3) is 0.440. The van der Waals surface area contributed by atoms with Gasteiger partial charge in [0.05, 0.1) is 11.0 Å². The number of piperazine rings is 1. The summed E-state index contributed by atoms with van der Waals surface area (Å²) in [6.07, 6.45) is 1.76. The Morgan fingerprint density at radius 1 is 1.10 bits per heavy atom. The molecule has 0 bridgehead atoms. The number of rotatable bonds is 8. The lowest BCUT2D eigenvalue weighted by molar-refractivity contribution is -0.121. The fourth-order valence-corrected chi connectivity index (χ4v) is 4.50. The number of hydrogen-bond donors (Lipinski definition) is 1. The van der Waals surface area contributed by atoms with Gasteiger partial charge < -0.3 is 14.8 Å². The molecular formula is C25H33N5O. The number of hydrogen-bond acceptors (Lipinski definition) is 4. The molecule has 3 aromatic rings. The van der Waals surface area contributed by atoms with Gasteiger partial charge in [-0.15, -0.1) is 0 Å². The van der Waals surface area contributed by atoms with Crippen molar-refractivity contribution in [3.05, 3.63) is 66.0 Å². The van der Waals surface area contributed by atoms with Gasteiger partial charge in [-0.1, -0.05) is 49.4 Å². The van der Waals surface area contributed by atoms with Gasteiger partial charge in [0.1, 0.15) is 12.4 Å². The Labute approximate surface area is 184 Å². The zero-order chi connectivity index (χ0) is 21.6. The smallest absolute Gasteiger partial charge is 0.240 e. The number of para-hydroxylation sites is 2. The number of amides is 1. The Kier molecular flexibility index (Phi) is 6.99. The summed E-state index contributed by atoms with van der Waals surface area (Å²) in [6, 6.07) is 19.2. The van der Waals surface area contributed by atoms with E-state index >= 15 is 0 Å². The fourth-order valence-electron chi connectivity index (χ4n) is 4.50. The lowest BCUT2D eigenvalue weighted by Crippen LogP contribution is -2.47. The normalized spacial score (nSPS) is 17.8. The summed E-state index contributed by atoms with van der Waals surface area (Å²) < 4.78 is 2.04. The summed E-state index contributed by atoms with van der Waals surface area (Å²) in [7, 11) is 2.19. The summed E-state index contributed by atoms with van der Waals surface area (Å²) in [5.74, 6) is 1.01. The van der Waals surface area contributed by atoms with E-state index in [1.807, 2.05) is 28.8 Å². The maximum Gasteiger partial charge on any atom is 0.240 e. The molecule has 6 nitrogen and oxygen atoms in total. The van der Waals surface area contributed by atoms with E-state index in [9.17, 15) is 4.79 Å². The van der Waals surface area contributed by atoms with E-state index in [0.717, 1.165) is 55.9 Å². The van der Waals surface area contributed by atoms with Gasteiger partial charge in [0.25, 0.3) is 0 Å². The number of nitrogens with zero attached hydrogens (tertiary/aromatic N) is 4. The molecule has 0 saturated carbocycles.